The van der Waals surface area contributed by atoms with Crippen molar-refractivity contribution < 1.29 is 9.85 Å². The first kappa shape index (κ1) is 20.8. The van der Waals surface area contributed by atoms with Gasteiger partial charge in [0.05, 0.1) is 9.85 Å². The van der Waals surface area contributed by atoms with Crippen molar-refractivity contribution in [1.29, 1.82) is 0 Å². The summed E-state index contributed by atoms with van der Waals surface area (Å²) < 4.78 is 0.845. The summed E-state index contributed by atoms with van der Waals surface area (Å²) in [7, 11) is 0. The second-order valence-corrected chi connectivity index (χ2v) is 6.84. The summed E-state index contributed by atoms with van der Waals surface area (Å²) in [4.78, 5) is 24.5. The fraction of sp³-hybridized carbons (Fsp3) is 0.333. The van der Waals surface area contributed by atoms with E-state index in [1.807, 2.05) is 12.1 Å². The number of non-ortho nitro benzene ring substituents is 2. The molecule has 0 saturated carbocycles. The lowest BCUT2D eigenvalue weighted by molar-refractivity contribution is -0.385. The second kappa shape index (κ2) is 9.98. The van der Waals surface area contributed by atoms with E-state index < -0.39 is 4.92 Å². The molecule has 1 aliphatic rings. The molecule has 2 aromatic rings. The molecule has 3 rings (SSSR count). The lowest BCUT2D eigenvalue weighted by atomic mass is 10.2. The van der Waals surface area contributed by atoms with E-state index in [9.17, 15) is 20.2 Å². The van der Waals surface area contributed by atoms with Crippen LogP contribution < -0.4 is 4.90 Å². The summed E-state index contributed by atoms with van der Waals surface area (Å²) in [5, 5.41) is 20.7. The highest BCUT2D eigenvalue weighted by Gasteiger charge is 2.16. The number of benzene rings is 2. The predicted octanol–water partition coefficient (Wildman–Crippen LogP) is 4.09. The average Bonchev–Trinajstić information content (AvgIpc) is 2.69. The van der Waals surface area contributed by atoms with Crippen LogP contribution in [0, 0.1) is 20.2 Å². The van der Waals surface area contributed by atoms with Gasteiger partial charge in [-0.05, 0) is 30.8 Å². The van der Waals surface area contributed by atoms with Gasteiger partial charge in [0.15, 0.2) is 0 Å². The molecule has 0 amide bonds. The number of nitro benzene ring substituents is 2. The molecule has 0 aliphatic carbocycles. The van der Waals surface area contributed by atoms with Gasteiger partial charge < -0.3 is 9.80 Å². The lowest BCUT2D eigenvalue weighted by Gasteiger charge is -2.35. The van der Waals surface area contributed by atoms with E-state index in [1.165, 1.54) is 12.1 Å². The summed E-state index contributed by atoms with van der Waals surface area (Å²) in [5.41, 5.74) is 1.34. The van der Waals surface area contributed by atoms with Crippen LogP contribution in [0.2, 0.25) is 0 Å². The zero-order chi connectivity index (χ0) is 19.8. The van der Waals surface area contributed by atoms with Gasteiger partial charge in [0, 0.05) is 60.6 Å². The summed E-state index contributed by atoms with van der Waals surface area (Å²) in [5.74, 6) is 0. The second-order valence-electron chi connectivity index (χ2n) is 5.93. The summed E-state index contributed by atoms with van der Waals surface area (Å²) in [6.45, 7) is 7.37. The molecular weight excluding hydrogens is 416 g/mol. The third kappa shape index (κ3) is 6.30. The number of rotatable bonds is 4. The number of anilines is 1. The molecule has 1 heterocycles. The van der Waals surface area contributed by atoms with Crippen molar-refractivity contribution in [2.45, 2.75) is 6.92 Å². The maximum absolute atomic E-state index is 10.6. The maximum atomic E-state index is 10.6. The SMILES string of the molecule is CCN1CCN(c2ccc([N+](=O)[O-])cc2)CC1.O=[N+]([O-])c1ccc(Br)cc1. The summed E-state index contributed by atoms with van der Waals surface area (Å²) in [6, 6.07) is 13.0. The Morgan fingerprint density at radius 1 is 0.852 bits per heavy atom. The molecule has 0 unspecified atom stereocenters. The first-order chi connectivity index (χ1) is 12.9. The van der Waals surface area contributed by atoms with Crippen LogP contribution in [0.4, 0.5) is 17.1 Å². The Balaban J connectivity index is 0.000000223. The van der Waals surface area contributed by atoms with Crippen LogP contribution in [0.15, 0.2) is 53.0 Å². The normalized spacial score (nSPS) is 14.2. The maximum Gasteiger partial charge on any atom is 0.269 e. The molecule has 1 fully saturated rings. The quantitative estimate of drug-likeness (QED) is 0.529. The van der Waals surface area contributed by atoms with Crippen molar-refractivity contribution >= 4 is 33.0 Å². The number of likely N-dealkylation sites (N-methyl/N-ethyl adjacent to an activating group) is 1. The van der Waals surface area contributed by atoms with Crippen molar-refractivity contribution in [3.8, 4) is 0 Å². The number of nitrogens with zero attached hydrogens (tertiary/aromatic N) is 4. The van der Waals surface area contributed by atoms with Crippen LogP contribution in [0.25, 0.3) is 0 Å². The van der Waals surface area contributed by atoms with Gasteiger partial charge in [-0.3, -0.25) is 20.2 Å². The Bertz CT molecular complexity index is 760. The van der Waals surface area contributed by atoms with Gasteiger partial charge in [-0.2, -0.15) is 0 Å². The van der Waals surface area contributed by atoms with E-state index in [2.05, 4.69) is 32.7 Å². The van der Waals surface area contributed by atoms with Crippen molar-refractivity contribution in [3.63, 3.8) is 0 Å². The van der Waals surface area contributed by atoms with E-state index in [-0.39, 0.29) is 16.3 Å². The number of halogens is 1. The minimum absolute atomic E-state index is 0.114. The number of nitro groups is 2. The molecule has 1 saturated heterocycles. The number of hydrogen-bond donors (Lipinski definition) is 0. The van der Waals surface area contributed by atoms with E-state index in [1.54, 1.807) is 24.3 Å². The van der Waals surface area contributed by atoms with Gasteiger partial charge in [-0.1, -0.05) is 22.9 Å². The smallest absolute Gasteiger partial charge is 0.269 e. The monoisotopic (exact) mass is 436 g/mol. The van der Waals surface area contributed by atoms with Crippen LogP contribution >= 0.6 is 15.9 Å². The lowest BCUT2D eigenvalue weighted by Crippen LogP contribution is -2.46. The molecule has 0 aromatic heterocycles. The van der Waals surface area contributed by atoms with Crippen LogP contribution in [0.5, 0.6) is 0 Å². The Kier molecular flexibility index (Phi) is 7.68. The highest BCUT2D eigenvalue weighted by atomic mass is 79.9. The predicted molar refractivity (Wildman–Crippen MR) is 108 cm³/mol. The molecule has 144 valence electrons. The average molecular weight is 437 g/mol. The standard InChI is InChI=1S/C12H17N3O2.C6H4BrNO2/c1-2-13-7-9-14(10-8-13)11-3-5-12(6-4-11)15(16)17;7-5-1-3-6(4-2-5)8(9)10/h3-6H,2,7-10H2,1H3;1-4H. The highest BCUT2D eigenvalue weighted by molar-refractivity contribution is 9.10. The van der Waals surface area contributed by atoms with Crippen molar-refractivity contribution in [1.82, 2.24) is 4.90 Å². The van der Waals surface area contributed by atoms with Gasteiger partial charge in [-0.25, -0.2) is 0 Å². The molecule has 0 spiro atoms. The fourth-order valence-corrected chi connectivity index (χ4v) is 2.93. The molecule has 0 N–H and O–H groups in total. The molecule has 27 heavy (non-hydrogen) atoms. The fourth-order valence-electron chi connectivity index (χ4n) is 2.67. The van der Waals surface area contributed by atoms with E-state index in [0.29, 0.717) is 0 Å². The van der Waals surface area contributed by atoms with Gasteiger partial charge >= 0.3 is 0 Å². The van der Waals surface area contributed by atoms with Gasteiger partial charge in [0.1, 0.15) is 0 Å². The van der Waals surface area contributed by atoms with Gasteiger partial charge in [0.25, 0.3) is 11.4 Å². The minimum Gasteiger partial charge on any atom is -0.369 e. The molecule has 2 aromatic carbocycles. The Morgan fingerprint density at radius 3 is 1.70 bits per heavy atom. The molecule has 9 heteroatoms. The van der Waals surface area contributed by atoms with Crippen LogP contribution in [-0.2, 0) is 0 Å². The third-order valence-electron chi connectivity index (χ3n) is 4.28. The summed E-state index contributed by atoms with van der Waals surface area (Å²) >= 11 is 3.17. The molecule has 0 radical (unpaired) electrons. The third-order valence-corrected chi connectivity index (χ3v) is 4.81. The van der Waals surface area contributed by atoms with Gasteiger partial charge in [-0.15, -0.1) is 0 Å². The Labute approximate surface area is 165 Å². The minimum atomic E-state index is -0.424. The molecule has 0 atom stereocenters. The van der Waals surface area contributed by atoms with Crippen molar-refractivity contribution in [3.05, 3.63) is 73.2 Å². The summed E-state index contributed by atoms with van der Waals surface area (Å²) in [6.07, 6.45) is 0. The van der Waals surface area contributed by atoms with E-state index >= 15 is 0 Å². The van der Waals surface area contributed by atoms with Crippen LogP contribution in [-0.4, -0.2) is 47.5 Å². The number of piperazine rings is 1. The van der Waals surface area contributed by atoms with Crippen LogP contribution in [0.3, 0.4) is 0 Å². The zero-order valence-electron chi connectivity index (χ0n) is 15.0. The largest absolute Gasteiger partial charge is 0.369 e. The number of hydrogen-bond acceptors (Lipinski definition) is 6. The highest BCUT2D eigenvalue weighted by Crippen LogP contribution is 2.20. The van der Waals surface area contributed by atoms with Gasteiger partial charge in [0.2, 0.25) is 0 Å². The molecule has 1 aliphatic heterocycles. The first-order valence-electron chi connectivity index (χ1n) is 8.52. The molecule has 0 bridgehead atoms. The molecular formula is C18H21BrN4O4. The van der Waals surface area contributed by atoms with E-state index in [0.717, 1.165) is 42.9 Å². The van der Waals surface area contributed by atoms with Crippen molar-refractivity contribution in [2.24, 2.45) is 0 Å². The first-order valence-corrected chi connectivity index (χ1v) is 9.31. The Morgan fingerprint density at radius 2 is 1.30 bits per heavy atom. The van der Waals surface area contributed by atoms with Crippen molar-refractivity contribution in [2.75, 3.05) is 37.6 Å². The molecule has 8 nitrogen and oxygen atoms in total. The Hall–Kier alpha value is -2.52. The van der Waals surface area contributed by atoms with E-state index in [4.69, 9.17) is 0 Å². The van der Waals surface area contributed by atoms with Crippen LogP contribution in [0.1, 0.15) is 6.92 Å². The zero-order valence-corrected chi connectivity index (χ0v) is 16.5. The topological polar surface area (TPSA) is 92.8 Å².